The van der Waals surface area contributed by atoms with Gasteiger partial charge in [-0.1, -0.05) is 20.8 Å². The lowest BCUT2D eigenvalue weighted by atomic mass is 9.90. The summed E-state index contributed by atoms with van der Waals surface area (Å²) in [4.78, 5) is 20.7. The van der Waals surface area contributed by atoms with E-state index >= 15 is 0 Å². The van der Waals surface area contributed by atoms with Crippen LogP contribution in [0.15, 0.2) is 28.8 Å². The summed E-state index contributed by atoms with van der Waals surface area (Å²) in [6, 6.07) is 6.04. The topological polar surface area (TPSA) is 75.6 Å². The van der Waals surface area contributed by atoms with E-state index in [2.05, 4.69) is 47.7 Å². The number of anilines is 1. The van der Waals surface area contributed by atoms with Crippen LogP contribution >= 0.6 is 0 Å². The third-order valence-corrected chi connectivity index (χ3v) is 4.96. The monoisotopic (exact) mass is 370 g/mol. The molecule has 0 aromatic carbocycles. The molecule has 2 aromatic heterocycles. The summed E-state index contributed by atoms with van der Waals surface area (Å²) >= 11 is 0. The lowest BCUT2D eigenvalue weighted by Gasteiger charge is -2.24. The Balaban J connectivity index is 1.73. The number of carbonyl (C=O) groups excluding carboxylic acids is 1. The van der Waals surface area contributed by atoms with Gasteiger partial charge in [-0.2, -0.15) is 0 Å². The Morgan fingerprint density at radius 1 is 1.22 bits per heavy atom. The van der Waals surface area contributed by atoms with Crippen LogP contribution in [0, 0.1) is 6.92 Å². The highest BCUT2D eigenvalue weighted by Crippen LogP contribution is 2.30. The second kappa shape index (κ2) is 7.72. The van der Waals surface area contributed by atoms with Crippen molar-refractivity contribution in [1.82, 2.24) is 9.88 Å². The summed E-state index contributed by atoms with van der Waals surface area (Å²) < 4.78 is 5.80. The van der Waals surface area contributed by atoms with Crippen molar-refractivity contribution >= 4 is 11.6 Å². The van der Waals surface area contributed by atoms with Gasteiger partial charge in [-0.3, -0.25) is 14.7 Å². The first-order valence-electron chi connectivity index (χ1n) is 9.57. The van der Waals surface area contributed by atoms with Crippen molar-refractivity contribution in [2.24, 2.45) is 5.73 Å². The predicted molar refractivity (Wildman–Crippen MR) is 107 cm³/mol. The van der Waals surface area contributed by atoms with Gasteiger partial charge in [0.2, 0.25) is 0 Å². The molecule has 0 spiro atoms. The standard InChI is InChI=1S/C21H30N4O2/c1-15-12-17(6-7-23-15)25-9-5-8-24(10-11-25)14-16-13-18(20(22)26)27-19(16)21(2,3)4/h6-7,12-13H,5,8-11,14H2,1-4H3,(H2,22,26). The van der Waals surface area contributed by atoms with Gasteiger partial charge in [0.15, 0.2) is 5.76 Å². The third kappa shape index (κ3) is 4.69. The molecule has 1 aliphatic rings. The number of pyridine rings is 1. The molecule has 0 saturated carbocycles. The SMILES string of the molecule is Cc1cc(N2CCCN(Cc3cc(C(N)=O)oc3C(C)(C)C)CC2)ccn1. The number of hydrogen-bond acceptors (Lipinski definition) is 5. The molecule has 146 valence electrons. The molecule has 1 saturated heterocycles. The molecule has 0 atom stereocenters. The number of nitrogens with zero attached hydrogens (tertiary/aromatic N) is 3. The van der Waals surface area contributed by atoms with Gasteiger partial charge in [-0.25, -0.2) is 0 Å². The zero-order chi connectivity index (χ0) is 19.6. The van der Waals surface area contributed by atoms with Gasteiger partial charge >= 0.3 is 0 Å². The van der Waals surface area contributed by atoms with E-state index in [4.69, 9.17) is 10.2 Å². The van der Waals surface area contributed by atoms with E-state index < -0.39 is 5.91 Å². The zero-order valence-corrected chi connectivity index (χ0v) is 16.8. The quantitative estimate of drug-likeness (QED) is 0.895. The van der Waals surface area contributed by atoms with Crippen LogP contribution < -0.4 is 10.6 Å². The summed E-state index contributed by atoms with van der Waals surface area (Å²) in [5, 5.41) is 0. The molecule has 1 fully saturated rings. The van der Waals surface area contributed by atoms with Gasteiger partial charge in [0.1, 0.15) is 5.76 Å². The Bertz CT molecular complexity index is 807. The minimum atomic E-state index is -0.512. The average molecular weight is 370 g/mol. The molecular formula is C21H30N4O2. The molecule has 1 amide bonds. The second-order valence-electron chi connectivity index (χ2n) is 8.35. The van der Waals surface area contributed by atoms with Gasteiger partial charge < -0.3 is 15.1 Å². The van der Waals surface area contributed by atoms with Gasteiger partial charge in [0.05, 0.1) is 0 Å². The first kappa shape index (κ1) is 19.4. The Hall–Kier alpha value is -2.34. The number of furan rings is 1. The van der Waals surface area contributed by atoms with Crippen LogP contribution in [0.1, 0.15) is 54.8 Å². The molecule has 0 bridgehead atoms. The predicted octanol–water partition coefficient (Wildman–Crippen LogP) is 3.09. The number of aryl methyl sites for hydroxylation is 1. The maximum atomic E-state index is 11.6. The molecule has 3 heterocycles. The molecule has 6 nitrogen and oxygen atoms in total. The van der Waals surface area contributed by atoms with Crippen LogP contribution in [0.25, 0.3) is 0 Å². The molecule has 0 radical (unpaired) electrons. The van der Waals surface area contributed by atoms with Crippen LogP contribution in [0.4, 0.5) is 5.69 Å². The Kier molecular flexibility index (Phi) is 5.56. The van der Waals surface area contributed by atoms with Crippen LogP contribution in [0.2, 0.25) is 0 Å². The Labute approximate surface area is 161 Å². The number of amides is 1. The summed E-state index contributed by atoms with van der Waals surface area (Å²) in [5.74, 6) is 0.586. The van der Waals surface area contributed by atoms with Gasteiger partial charge in [0, 0.05) is 61.3 Å². The van der Waals surface area contributed by atoms with E-state index in [1.54, 1.807) is 0 Å². The number of nitrogens with two attached hydrogens (primary N) is 1. The highest BCUT2D eigenvalue weighted by atomic mass is 16.4. The van der Waals surface area contributed by atoms with Crippen LogP contribution in [0.3, 0.4) is 0 Å². The first-order valence-corrected chi connectivity index (χ1v) is 9.57. The molecule has 0 unspecified atom stereocenters. The van der Waals surface area contributed by atoms with E-state index in [-0.39, 0.29) is 11.2 Å². The molecule has 2 N–H and O–H groups in total. The van der Waals surface area contributed by atoms with Crippen molar-refractivity contribution in [2.45, 2.75) is 46.1 Å². The largest absolute Gasteiger partial charge is 0.455 e. The fourth-order valence-electron chi connectivity index (χ4n) is 3.66. The molecular weight excluding hydrogens is 340 g/mol. The minimum absolute atomic E-state index is 0.171. The maximum absolute atomic E-state index is 11.6. The smallest absolute Gasteiger partial charge is 0.284 e. The highest BCUT2D eigenvalue weighted by molar-refractivity contribution is 5.90. The third-order valence-electron chi connectivity index (χ3n) is 4.96. The average Bonchev–Trinajstić information content (AvgIpc) is 2.88. The highest BCUT2D eigenvalue weighted by Gasteiger charge is 2.27. The fourth-order valence-corrected chi connectivity index (χ4v) is 3.66. The van der Waals surface area contributed by atoms with Gasteiger partial charge in [0.25, 0.3) is 5.91 Å². The summed E-state index contributed by atoms with van der Waals surface area (Å²) in [5.41, 5.74) is 8.60. The first-order chi connectivity index (χ1) is 12.7. The number of primary amides is 1. The van der Waals surface area contributed by atoms with E-state index in [1.807, 2.05) is 19.2 Å². The Morgan fingerprint density at radius 3 is 2.67 bits per heavy atom. The van der Waals surface area contributed by atoms with Crippen LogP contribution in [-0.4, -0.2) is 42.0 Å². The summed E-state index contributed by atoms with van der Waals surface area (Å²) in [6.07, 6.45) is 2.96. The van der Waals surface area contributed by atoms with E-state index in [0.29, 0.717) is 0 Å². The van der Waals surface area contributed by atoms with Crippen LogP contribution in [-0.2, 0) is 12.0 Å². The normalized spacial score (nSPS) is 16.4. The number of rotatable bonds is 4. The lowest BCUT2D eigenvalue weighted by molar-refractivity contribution is 0.0970. The summed E-state index contributed by atoms with van der Waals surface area (Å²) in [7, 11) is 0. The number of carbonyl (C=O) groups is 1. The summed E-state index contributed by atoms with van der Waals surface area (Å²) in [6.45, 7) is 13.0. The van der Waals surface area contributed by atoms with Crippen LogP contribution in [0.5, 0.6) is 0 Å². The van der Waals surface area contributed by atoms with Crippen molar-refractivity contribution in [3.63, 3.8) is 0 Å². The van der Waals surface area contributed by atoms with E-state index in [0.717, 1.165) is 56.2 Å². The zero-order valence-electron chi connectivity index (χ0n) is 16.8. The van der Waals surface area contributed by atoms with Crippen molar-refractivity contribution in [3.8, 4) is 0 Å². The molecule has 2 aromatic rings. The molecule has 3 rings (SSSR count). The molecule has 0 aliphatic carbocycles. The maximum Gasteiger partial charge on any atom is 0.284 e. The van der Waals surface area contributed by atoms with Crippen molar-refractivity contribution in [1.29, 1.82) is 0 Å². The second-order valence-corrected chi connectivity index (χ2v) is 8.35. The number of hydrogen-bond donors (Lipinski definition) is 1. The van der Waals surface area contributed by atoms with Crippen molar-refractivity contribution in [2.75, 3.05) is 31.1 Å². The number of aromatic nitrogens is 1. The van der Waals surface area contributed by atoms with Crippen molar-refractivity contribution < 1.29 is 9.21 Å². The Morgan fingerprint density at radius 2 is 2.00 bits per heavy atom. The van der Waals surface area contributed by atoms with E-state index in [1.165, 1.54) is 5.69 Å². The molecule has 27 heavy (non-hydrogen) atoms. The van der Waals surface area contributed by atoms with Gasteiger partial charge in [-0.15, -0.1) is 0 Å². The molecule has 1 aliphatic heterocycles. The van der Waals surface area contributed by atoms with Crippen molar-refractivity contribution in [3.05, 3.63) is 47.2 Å². The van der Waals surface area contributed by atoms with Gasteiger partial charge in [-0.05, 0) is 31.5 Å². The van der Waals surface area contributed by atoms with E-state index in [9.17, 15) is 4.79 Å². The molecule has 6 heteroatoms. The minimum Gasteiger partial charge on any atom is -0.455 e. The fraction of sp³-hybridized carbons (Fsp3) is 0.524. The lowest BCUT2D eigenvalue weighted by Crippen LogP contribution is -2.31.